The van der Waals surface area contributed by atoms with Gasteiger partial charge in [-0.05, 0) is 47.2 Å². The van der Waals surface area contributed by atoms with Crippen LogP contribution < -0.4 is 0 Å². The molecule has 0 unspecified atom stereocenters. The number of halogens is 3. The van der Waals surface area contributed by atoms with Crippen LogP contribution in [0.2, 0.25) is 0 Å². The first-order valence-electron chi connectivity index (χ1n) is 27.0. The van der Waals surface area contributed by atoms with E-state index >= 15 is 0 Å². The van der Waals surface area contributed by atoms with Crippen molar-refractivity contribution >= 4 is 11.9 Å². The number of carbonyl (C=O) groups is 2. The Morgan fingerprint density at radius 1 is 0.407 bits per heavy atom. The fourth-order valence-corrected chi connectivity index (χ4v) is 9.89. The predicted molar refractivity (Wildman–Crippen MR) is 286 cm³/mol. The molecule has 0 spiro atoms. The van der Waals surface area contributed by atoms with Gasteiger partial charge in [-0.2, -0.15) is 13.2 Å². The highest BCUT2D eigenvalue weighted by Crippen LogP contribution is 2.38. The molecular weight excluding hydrogens is 1050 g/mol. The Labute approximate surface area is 469 Å². The molecule has 6 aromatic carbocycles. The van der Waals surface area contributed by atoms with Crippen LogP contribution in [0.1, 0.15) is 54.2 Å². The van der Waals surface area contributed by atoms with Crippen LogP contribution in [0.5, 0.6) is 0 Å². The number of rotatable bonds is 24. The van der Waals surface area contributed by atoms with Crippen LogP contribution in [0, 0.1) is 0 Å². The van der Waals surface area contributed by atoms with Crippen LogP contribution in [0.15, 0.2) is 182 Å². The number of carbonyl (C=O) groups excluding carboxylic acids is 2. The molecule has 3 aliphatic heterocycles. The van der Waals surface area contributed by atoms with E-state index in [2.05, 4.69) is 0 Å². The zero-order chi connectivity index (χ0) is 56.6. The maximum Gasteiger partial charge on any atom is 0.490 e. The molecular formula is C63H67F3O15. The molecule has 430 valence electrons. The molecule has 3 heterocycles. The molecule has 3 saturated heterocycles. The molecule has 0 bridgehead atoms. The highest BCUT2D eigenvalue weighted by Gasteiger charge is 2.56. The Balaban J connectivity index is 1.07. The predicted octanol–water partition coefficient (Wildman–Crippen LogP) is 10.2. The minimum absolute atomic E-state index is 0.0218. The Morgan fingerprint density at radius 2 is 0.753 bits per heavy atom. The Hall–Kier alpha value is -6.39. The normalized spacial score (nSPS) is 27.7. The van der Waals surface area contributed by atoms with Gasteiger partial charge in [0, 0.05) is 6.92 Å². The molecule has 6 aromatic rings. The van der Waals surface area contributed by atoms with E-state index in [0.29, 0.717) is 5.56 Å². The molecule has 18 heteroatoms. The van der Waals surface area contributed by atoms with Gasteiger partial charge in [-0.15, -0.1) is 0 Å². The van der Waals surface area contributed by atoms with Crippen molar-refractivity contribution in [3.63, 3.8) is 0 Å². The van der Waals surface area contributed by atoms with Crippen LogP contribution in [-0.2, 0) is 111 Å². The third kappa shape index (κ3) is 16.6. The van der Waals surface area contributed by atoms with Crippen molar-refractivity contribution in [3.05, 3.63) is 215 Å². The second kappa shape index (κ2) is 29.0. The first kappa shape index (κ1) is 59.2. The molecule has 0 saturated carbocycles. The second-order valence-corrected chi connectivity index (χ2v) is 19.9. The quantitative estimate of drug-likeness (QED) is 0.0528. The first-order chi connectivity index (χ1) is 39.4. The van der Waals surface area contributed by atoms with Crippen LogP contribution in [0.4, 0.5) is 13.2 Å². The monoisotopic (exact) mass is 1120 g/mol. The lowest BCUT2D eigenvalue weighted by Crippen LogP contribution is -2.66. The lowest BCUT2D eigenvalue weighted by molar-refractivity contribution is -0.376. The smallest absolute Gasteiger partial charge is 0.454 e. The van der Waals surface area contributed by atoms with E-state index in [4.69, 9.17) is 61.6 Å². The van der Waals surface area contributed by atoms with Crippen molar-refractivity contribution in [2.45, 2.75) is 153 Å². The lowest BCUT2D eigenvalue weighted by atomic mass is 9.97. The van der Waals surface area contributed by atoms with Crippen molar-refractivity contribution in [2.24, 2.45) is 0 Å². The maximum absolute atomic E-state index is 14.7. The third-order valence-electron chi connectivity index (χ3n) is 13.9. The largest absolute Gasteiger partial charge is 0.490 e. The number of hydrogen-bond acceptors (Lipinski definition) is 15. The number of hydrogen-bond donors (Lipinski definition) is 0. The van der Waals surface area contributed by atoms with Gasteiger partial charge in [0.15, 0.2) is 31.1 Å². The van der Waals surface area contributed by atoms with E-state index in [-0.39, 0.29) is 39.6 Å². The van der Waals surface area contributed by atoms with Crippen LogP contribution >= 0.6 is 0 Å². The summed E-state index contributed by atoms with van der Waals surface area (Å²) >= 11 is 0. The van der Waals surface area contributed by atoms with Crippen LogP contribution in [0.25, 0.3) is 0 Å². The average molecular weight is 1120 g/mol. The summed E-state index contributed by atoms with van der Waals surface area (Å²) in [4.78, 5) is 26.5. The zero-order valence-corrected chi connectivity index (χ0v) is 45.1. The minimum atomic E-state index is -5.49. The number of benzene rings is 6. The average Bonchev–Trinajstić information content (AvgIpc) is 3.68. The SMILES string of the molecule is CC(=O)O[C@H]1[C@H](O[C@@H]2CO[C@@H](O[C@@H]3[C@@H](OCc4ccccc4)[C@H](OCc4ccccc4)O[C@H](C)[C@H]3OCc3ccccc3)[C@H](OC(=O)C(F)(F)F)[C@H]2OCc2ccccc2)O[C@H](C)[C@@H](OCc2ccccc2)[C@@H]1OCc1ccccc1. The van der Waals surface area contributed by atoms with Crippen LogP contribution in [0.3, 0.4) is 0 Å². The van der Waals surface area contributed by atoms with Gasteiger partial charge in [-0.1, -0.05) is 182 Å². The van der Waals surface area contributed by atoms with Crippen molar-refractivity contribution < 1.29 is 84.3 Å². The molecule has 0 aromatic heterocycles. The molecule has 0 N–H and O–H groups in total. The van der Waals surface area contributed by atoms with Gasteiger partial charge in [-0.25, -0.2) is 4.79 Å². The fraction of sp³-hybridized carbons (Fsp3) is 0.397. The van der Waals surface area contributed by atoms with E-state index in [1.807, 2.05) is 152 Å². The van der Waals surface area contributed by atoms with E-state index < -0.39 is 111 Å². The zero-order valence-electron chi connectivity index (χ0n) is 45.1. The standard InChI is InChI=1S/C63H67F3O15/c1-41-51(69-34-44-22-10-4-11-23-44)54(72-37-47-28-16-7-17-29-47)58(78-43(3)67)61(77-41)79-50-40-75-60(57(81-62(68)63(64,65)66)53(50)71-36-46-26-14-6-15-27-46)80-55-52(70-35-45-24-12-5-13-25-45)42(2)76-59(74-39-49-32-20-9-21-33-49)56(55)73-38-48-30-18-8-19-31-48/h4-33,41-42,50-61H,34-40H2,1-3H3/t41-,42-,50-,51-,52-,53+,54+,55+,56-,57-,58-,59-,60+,61+/m1/s1. The van der Waals surface area contributed by atoms with E-state index in [1.165, 1.54) is 6.92 Å². The molecule has 3 aliphatic rings. The number of alkyl halides is 3. The topological polar surface area (TPSA) is 154 Å². The van der Waals surface area contributed by atoms with E-state index in [1.54, 1.807) is 44.2 Å². The van der Waals surface area contributed by atoms with Gasteiger partial charge in [0.1, 0.15) is 42.7 Å². The second-order valence-electron chi connectivity index (χ2n) is 19.9. The summed E-state index contributed by atoms with van der Waals surface area (Å²) in [6.07, 6.45) is -23.2. The molecule has 9 rings (SSSR count). The summed E-state index contributed by atoms with van der Waals surface area (Å²) in [5.41, 5.74) is 4.70. The fourth-order valence-electron chi connectivity index (χ4n) is 9.89. The summed E-state index contributed by atoms with van der Waals surface area (Å²) in [7, 11) is 0. The molecule has 14 atom stereocenters. The number of esters is 2. The molecule has 81 heavy (non-hydrogen) atoms. The van der Waals surface area contributed by atoms with Gasteiger partial charge < -0.3 is 61.6 Å². The summed E-state index contributed by atoms with van der Waals surface area (Å²) in [6, 6.07) is 55.7. The molecule has 3 fully saturated rings. The maximum atomic E-state index is 14.7. The Bertz CT molecular complexity index is 2810. The van der Waals surface area contributed by atoms with Crippen molar-refractivity contribution in [3.8, 4) is 0 Å². The molecule has 0 aliphatic carbocycles. The Kier molecular flexibility index (Phi) is 21.2. The van der Waals surface area contributed by atoms with Crippen molar-refractivity contribution in [2.75, 3.05) is 6.61 Å². The first-order valence-corrected chi connectivity index (χ1v) is 27.0. The minimum Gasteiger partial charge on any atom is -0.454 e. The van der Waals surface area contributed by atoms with Crippen LogP contribution in [-0.4, -0.2) is 111 Å². The summed E-state index contributed by atoms with van der Waals surface area (Å²) < 4.78 is 128. The van der Waals surface area contributed by atoms with Crippen molar-refractivity contribution in [1.82, 2.24) is 0 Å². The highest BCUT2D eigenvalue weighted by molar-refractivity contribution is 5.75. The van der Waals surface area contributed by atoms with Crippen molar-refractivity contribution in [1.29, 1.82) is 0 Å². The van der Waals surface area contributed by atoms with Gasteiger partial charge in [0.05, 0.1) is 58.5 Å². The molecule has 15 nitrogen and oxygen atoms in total. The van der Waals surface area contributed by atoms with Gasteiger partial charge >= 0.3 is 18.1 Å². The summed E-state index contributed by atoms with van der Waals surface area (Å²) in [5, 5.41) is 0. The highest BCUT2D eigenvalue weighted by atomic mass is 19.4. The third-order valence-corrected chi connectivity index (χ3v) is 13.9. The van der Waals surface area contributed by atoms with Gasteiger partial charge in [-0.3, -0.25) is 4.79 Å². The van der Waals surface area contributed by atoms with Gasteiger partial charge in [0.2, 0.25) is 0 Å². The van der Waals surface area contributed by atoms with Gasteiger partial charge in [0.25, 0.3) is 0 Å². The van der Waals surface area contributed by atoms with E-state index in [9.17, 15) is 22.8 Å². The summed E-state index contributed by atoms with van der Waals surface area (Å²) in [5.74, 6) is -3.26. The molecule has 0 amide bonds. The lowest BCUT2D eigenvalue weighted by Gasteiger charge is -2.49. The summed E-state index contributed by atoms with van der Waals surface area (Å²) in [6.45, 7) is 4.43. The number of ether oxygens (including phenoxy) is 13. The van der Waals surface area contributed by atoms with E-state index in [0.717, 1.165) is 27.8 Å². The molecule has 0 radical (unpaired) electrons. The Morgan fingerprint density at radius 3 is 1.16 bits per heavy atom.